The average molecular weight is 380 g/mol. The zero-order valence-corrected chi connectivity index (χ0v) is 16.4. The minimum Gasteiger partial charge on any atom is -0.493 e. The number of carbonyl (C=O) groups excluding carboxylic acids is 2. The Morgan fingerprint density at radius 2 is 1.56 bits per heavy atom. The van der Waals surface area contributed by atoms with Crippen LogP contribution in [0.5, 0.6) is 17.2 Å². The smallest absolute Gasteiger partial charge is 0.320 e. The highest BCUT2D eigenvalue weighted by atomic mass is 16.5. The summed E-state index contributed by atoms with van der Waals surface area (Å²) >= 11 is 0. The summed E-state index contributed by atoms with van der Waals surface area (Å²) in [7, 11) is 4.64. The van der Waals surface area contributed by atoms with E-state index < -0.39 is 0 Å². The van der Waals surface area contributed by atoms with Gasteiger partial charge in [-0.05, 0) is 24.6 Å². The number of hydrogen-bond donors (Lipinski definition) is 0. The first-order valence-corrected chi connectivity index (χ1v) is 8.97. The summed E-state index contributed by atoms with van der Waals surface area (Å²) in [6, 6.07) is 3.58. The zero-order chi connectivity index (χ0) is 19.8. The van der Waals surface area contributed by atoms with Crippen molar-refractivity contribution in [2.45, 2.75) is 13.3 Å². The van der Waals surface area contributed by atoms with Gasteiger partial charge in [-0.15, -0.1) is 0 Å². The molecule has 8 nitrogen and oxygen atoms in total. The molecule has 0 spiro atoms. The molecule has 1 amide bonds. The molecule has 0 aliphatic carbocycles. The lowest BCUT2D eigenvalue weighted by molar-refractivity contribution is -0.145. The summed E-state index contributed by atoms with van der Waals surface area (Å²) in [5.41, 5.74) is 0.795. The van der Waals surface area contributed by atoms with E-state index in [1.165, 1.54) is 0 Å². The standard InChI is InChI=1S/C19H28N2O6/c1-5-27-18(23)13-20-6-8-21(9-7-20)17(22)12-14-10-15(24-2)19(26-4)16(11-14)25-3/h10-11H,5-9,12-13H2,1-4H3. The molecule has 1 saturated heterocycles. The van der Waals surface area contributed by atoms with E-state index in [-0.39, 0.29) is 24.8 Å². The Hall–Kier alpha value is -2.48. The fraction of sp³-hybridized carbons (Fsp3) is 0.579. The second-order valence-electron chi connectivity index (χ2n) is 6.17. The summed E-state index contributed by atoms with van der Waals surface area (Å²) < 4.78 is 20.9. The number of benzene rings is 1. The van der Waals surface area contributed by atoms with Crippen molar-refractivity contribution in [3.05, 3.63) is 17.7 Å². The Kier molecular flexibility index (Phi) is 7.72. The van der Waals surface area contributed by atoms with Crippen LogP contribution in [-0.4, -0.2) is 82.3 Å². The van der Waals surface area contributed by atoms with Crippen molar-refractivity contribution in [2.75, 3.05) is 60.7 Å². The average Bonchev–Trinajstić information content (AvgIpc) is 2.67. The Balaban J connectivity index is 1.95. The summed E-state index contributed by atoms with van der Waals surface area (Å²) in [6.45, 7) is 4.91. The van der Waals surface area contributed by atoms with Gasteiger partial charge >= 0.3 is 5.97 Å². The van der Waals surface area contributed by atoms with Gasteiger partial charge in [0.15, 0.2) is 11.5 Å². The first-order valence-electron chi connectivity index (χ1n) is 8.97. The highest BCUT2D eigenvalue weighted by Crippen LogP contribution is 2.38. The van der Waals surface area contributed by atoms with Gasteiger partial charge in [-0.3, -0.25) is 14.5 Å². The van der Waals surface area contributed by atoms with Crippen LogP contribution in [0.15, 0.2) is 12.1 Å². The van der Waals surface area contributed by atoms with Crippen molar-refractivity contribution in [3.63, 3.8) is 0 Å². The number of rotatable bonds is 8. The third-order valence-corrected chi connectivity index (χ3v) is 4.46. The van der Waals surface area contributed by atoms with Gasteiger partial charge in [0.2, 0.25) is 11.7 Å². The molecule has 1 fully saturated rings. The SMILES string of the molecule is CCOC(=O)CN1CCN(C(=O)Cc2cc(OC)c(OC)c(OC)c2)CC1. The van der Waals surface area contributed by atoms with E-state index >= 15 is 0 Å². The van der Waals surface area contributed by atoms with Gasteiger partial charge in [-0.25, -0.2) is 0 Å². The topological polar surface area (TPSA) is 77.5 Å². The van der Waals surface area contributed by atoms with Gasteiger partial charge in [0.25, 0.3) is 0 Å². The van der Waals surface area contributed by atoms with Crippen LogP contribution in [0.4, 0.5) is 0 Å². The molecule has 1 aromatic carbocycles. The minimum absolute atomic E-state index is 0.0278. The second kappa shape index (κ2) is 10.0. The predicted octanol–water partition coefficient (Wildman–Crippen LogP) is 0.962. The van der Waals surface area contributed by atoms with Crippen LogP contribution in [0.3, 0.4) is 0 Å². The molecule has 1 heterocycles. The van der Waals surface area contributed by atoms with Crippen LogP contribution < -0.4 is 14.2 Å². The van der Waals surface area contributed by atoms with Gasteiger partial charge in [0.1, 0.15) is 0 Å². The summed E-state index contributed by atoms with van der Waals surface area (Å²) in [6.07, 6.45) is 0.245. The van der Waals surface area contributed by atoms with Crippen molar-refractivity contribution in [2.24, 2.45) is 0 Å². The van der Waals surface area contributed by atoms with Crippen LogP contribution >= 0.6 is 0 Å². The number of esters is 1. The molecule has 0 N–H and O–H groups in total. The van der Waals surface area contributed by atoms with E-state index in [0.29, 0.717) is 50.0 Å². The van der Waals surface area contributed by atoms with Crippen LogP contribution in [0.25, 0.3) is 0 Å². The molecular weight excluding hydrogens is 352 g/mol. The van der Waals surface area contributed by atoms with Gasteiger partial charge in [0, 0.05) is 26.2 Å². The maximum absolute atomic E-state index is 12.7. The molecular formula is C19H28N2O6. The third-order valence-electron chi connectivity index (χ3n) is 4.46. The molecule has 2 rings (SSSR count). The van der Waals surface area contributed by atoms with Gasteiger partial charge < -0.3 is 23.8 Å². The molecule has 27 heavy (non-hydrogen) atoms. The summed E-state index contributed by atoms with van der Waals surface area (Å²) in [4.78, 5) is 28.0. The Bertz CT molecular complexity index is 631. The van der Waals surface area contributed by atoms with Crippen molar-refractivity contribution in [1.82, 2.24) is 9.80 Å². The monoisotopic (exact) mass is 380 g/mol. The lowest BCUT2D eigenvalue weighted by Gasteiger charge is -2.34. The first-order chi connectivity index (χ1) is 13.0. The molecule has 1 aliphatic rings. The lowest BCUT2D eigenvalue weighted by atomic mass is 10.1. The molecule has 1 aliphatic heterocycles. The molecule has 1 aromatic rings. The van der Waals surface area contributed by atoms with E-state index in [1.54, 1.807) is 40.4 Å². The minimum atomic E-state index is -0.227. The van der Waals surface area contributed by atoms with E-state index in [2.05, 4.69) is 0 Å². The van der Waals surface area contributed by atoms with Gasteiger partial charge in [-0.1, -0.05) is 0 Å². The Morgan fingerprint density at radius 3 is 2.04 bits per heavy atom. The van der Waals surface area contributed by atoms with E-state index in [1.807, 2.05) is 9.80 Å². The molecule has 0 atom stereocenters. The molecule has 150 valence electrons. The molecule has 0 unspecified atom stereocenters. The second-order valence-corrected chi connectivity index (χ2v) is 6.17. The van der Waals surface area contributed by atoms with Crippen molar-refractivity contribution in [1.29, 1.82) is 0 Å². The fourth-order valence-corrected chi connectivity index (χ4v) is 3.07. The number of hydrogen-bond acceptors (Lipinski definition) is 7. The number of methoxy groups -OCH3 is 3. The number of piperazine rings is 1. The molecule has 0 saturated carbocycles. The summed E-state index contributed by atoms with van der Waals surface area (Å²) in [5, 5.41) is 0. The third kappa shape index (κ3) is 5.50. The quantitative estimate of drug-likeness (QED) is 0.622. The Morgan fingerprint density at radius 1 is 0.963 bits per heavy atom. The van der Waals surface area contributed by atoms with E-state index in [9.17, 15) is 9.59 Å². The van der Waals surface area contributed by atoms with E-state index in [0.717, 1.165) is 5.56 Å². The molecule has 8 heteroatoms. The fourth-order valence-electron chi connectivity index (χ4n) is 3.07. The van der Waals surface area contributed by atoms with Crippen LogP contribution in [0, 0.1) is 0 Å². The molecule has 0 radical (unpaired) electrons. The number of nitrogens with zero attached hydrogens (tertiary/aromatic N) is 2. The van der Waals surface area contributed by atoms with Crippen molar-refractivity contribution in [3.8, 4) is 17.2 Å². The number of carbonyl (C=O) groups is 2. The van der Waals surface area contributed by atoms with Gasteiger partial charge in [-0.2, -0.15) is 0 Å². The lowest BCUT2D eigenvalue weighted by Crippen LogP contribution is -2.50. The summed E-state index contributed by atoms with van der Waals surface area (Å²) in [5.74, 6) is 1.36. The predicted molar refractivity (Wildman–Crippen MR) is 99.5 cm³/mol. The number of ether oxygens (including phenoxy) is 4. The highest BCUT2D eigenvalue weighted by molar-refractivity contribution is 5.79. The zero-order valence-electron chi connectivity index (χ0n) is 16.4. The van der Waals surface area contributed by atoms with Crippen LogP contribution in [-0.2, 0) is 20.7 Å². The first kappa shape index (κ1) is 20.8. The maximum atomic E-state index is 12.7. The van der Waals surface area contributed by atoms with Gasteiger partial charge in [0.05, 0.1) is 40.9 Å². The van der Waals surface area contributed by atoms with Crippen molar-refractivity contribution < 1.29 is 28.5 Å². The van der Waals surface area contributed by atoms with E-state index in [4.69, 9.17) is 18.9 Å². The molecule has 0 bridgehead atoms. The van der Waals surface area contributed by atoms with Crippen molar-refractivity contribution >= 4 is 11.9 Å². The maximum Gasteiger partial charge on any atom is 0.320 e. The number of amides is 1. The largest absolute Gasteiger partial charge is 0.493 e. The van der Waals surface area contributed by atoms with Crippen LogP contribution in [0.1, 0.15) is 12.5 Å². The Labute approximate surface area is 159 Å². The molecule has 0 aromatic heterocycles. The highest BCUT2D eigenvalue weighted by Gasteiger charge is 2.23. The normalized spacial score (nSPS) is 14.6. The van der Waals surface area contributed by atoms with Crippen LogP contribution in [0.2, 0.25) is 0 Å².